The van der Waals surface area contributed by atoms with Crippen molar-refractivity contribution < 1.29 is 14.4 Å². The van der Waals surface area contributed by atoms with Crippen molar-refractivity contribution in [3.05, 3.63) is 56.5 Å². The minimum atomic E-state index is -0.483. The second-order valence-electron chi connectivity index (χ2n) is 4.10. The van der Waals surface area contributed by atoms with Crippen molar-refractivity contribution in [1.29, 1.82) is 0 Å². The largest absolute Gasteiger partial charge is 0.497 e. The van der Waals surface area contributed by atoms with Crippen LogP contribution >= 0.6 is 15.9 Å². The Kier molecular flexibility index (Phi) is 4.24. The Balaban J connectivity index is 2.43. The summed E-state index contributed by atoms with van der Waals surface area (Å²) in [6.07, 6.45) is 0. The Labute approximate surface area is 124 Å². The van der Waals surface area contributed by atoms with Gasteiger partial charge in [0.05, 0.1) is 12.0 Å². The molecule has 0 radical (unpaired) electrons. The average molecular weight is 338 g/mol. The summed E-state index contributed by atoms with van der Waals surface area (Å²) in [6.45, 7) is 1.87. The van der Waals surface area contributed by atoms with E-state index in [9.17, 15) is 10.1 Å². The number of methoxy groups -OCH3 is 1. The van der Waals surface area contributed by atoms with Crippen LogP contribution in [0.4, 0.5) is 5.69 Å². The van der Waals surface area contributed by atoms with Gasteiger partial charge in [-0.25, -0.2) is 0 Å². The number of rotatable bonds is 4. The molecule has 20 heavy (non-hydrogen) atoms. The molecule has 6 heteroatoms. The van der Waals surface area contributed by atoms with Gasteiger partial charge < -0.3 is 9.47 Å². The van der Waals surface area contributed by atoms with E-state index < -0.39 is 4.92 Å². The van der Waals surface area contributed by atoms with E-state index in [-0.39, 0.29) is 11.4 Å². The van der Waals surface area contributed by atoms with Crippen molar-refractivity contribution in [3.63, 3.8) is 0 Å². The van der Waals surface area contributed by atoms with E-state index in [0.29, 0.717) is 11.5 Å². The molecule has 0 N–H and O–H groups in total. The molecule has 104 valence electrons. The topological polar surface area (TPSA) is 61.6 Å². The zero-order chi connectivity index (χ0) is 14.7. The van der Waals surface area contributed by atoms with Gasteiger partial charge in [-0.3, -0.25) is 10.1 Å². The van der Waals surface area contributed by atoms with Crippen LogP contribution in [0.15, 0.2) is 40.9 Å². The fourth-order valence-electron chi connectivity index (χ4n) is 1.70. The van der Waals surface area contributed by atoms with Gasteiger partial charge in [0.2, 0.25) is 5.75 Å². The highest BCUT2D eigenvalue weighted by Gasteiger charge is 2.17. The summed E-state index contributed by atoms with van der Waals surface area (Å²) in [7, 11) is 1.50. The van der Waals surface area contributed by atoms with Crippen LogP contribution < -0.4 is 9.47 Å². The summed E-state index contributed by atoms with van der Waals surface area (Å²) in [5.74, 6) is 1.21. The zero-order valence-corrected chi connectivity index (χ0v) is 12.5. The number of nitrogens with zero attached hydrogens (tertiary/aromatic N) is 1. The first-order valence-corrected chi connectivity index (χ1v) is 6.57. The Bertz CT molecular complexity index is 658. The lowest BCUT2D eigenvalue weighted by atomic mass is 10.2. The fourth-order valence-corrected chi connectivity index (χ4v) is 2.18. The molecular weight excluding hydrogens is 326 g/mol. The fraction of sp³-hybridized carbons (Fsp3) is 0.143. The average Bonchev–Trinajstić information content (AvgIpc) is 2.41. The zero-order valence-electron chi connectivity index (χ0n) is 10.9. The molecule has 0 saturated heterocycles. The summed E-state index contributed by atoms with van der Waals surface area (Å²) in [6, 6.07) is 9.83. The highest BCUT2D eigenvalue weighted by Crippen LogP contribution is 2.36. The Morgan fingerprint density at radius 1 is 1.15 bits per heavy atom. The minimum Gasteiger partial charge on any atom is -0.497 e. The van der Waals surface area contributed by atoms with Gasteiger partial charge in [-0.2, -0.15) is 0 Å². The molecule has 0 unspecified atom stereocenters. The van der Waals surface area contributed by atoms with Crippen LogP contribution in [0, 0.1) is 17.0 Å². The molecule has 0 aliphatic heterocycles. The molecule has 2 rings (SSSR count). The van der Waals surface area contributed by atoms with Crippen molar-refractivity contribution in [2.75, 3.05) is 7.11 Å². The predicted molar refractivity (Wildman–Crippen MR) is 78.6 cm³/mol. The molecule has 2 aromatic carbocycles. The molecule has 0 aliphatic carbocycles. The van der Waals surface area contributed by atoms with Crippen LogP contribution in [0.1, 0.15) is 5.56 Å². The number of ether oxygens (including phenoxy) is 2. The lowest BCUT2D eigenvalue weighted by molar-refractivity contribution is -0.385. The van der Waals surface area contributed by atoms with E-state index in [0.717, 1.165) is 10.0 Å². The number of aryl methyl sites for hydroxylation is 1. The third-order valence-corrected chi connectivity index (χ3v) is 3.21. The summed E-state index contributed by atoms with van der Waals surface area (Å²) in [5, 5.41) is 11.0. The van der Waals surface area contributed by atoms with E-state index >= 15 is 0 Å². The third kappa shape index (κ3) is 3.08. The van der Waals surface area contributed by atoms with Gasteiger partial charge in [0, 0.05) is 16.6 Å². The Hall–Kier alpha value is -2.08. The molecule has 0 aliphatic rings. The third-order valence-electron chi connectivity index (χ3n) is 2.72. The first-order valence-electron chi connectivity index (χ1n) is 5.77. The summed E-state index contributed by atoms with van der Waals surface area (Å²) >= 11 is 3.36. The lowest BCUT2D eigenvalue weighted by Crippen LogP contribution is -1.95. The van der Waals surface area contributed by atoms with Crippen molar-refractivity contribution in [3.8, 4) is 17.2 Å². The number of hydrogen-bond acceptors (Lipinski definition) is 4. The van der Waals surface area contributed by atoms with Gasteiger partial charge in [-0.05, 0) is 36.8 Å². The van der Waals surface area contributed by atoms with Crippen LogP contribution in [0.25, 0.3) is 0 Å². The van der Waals surface area contributed by atoms with E-state index in [1.54, 1.807) is 6.07 Å². The summed E-state index contributed by atoms with van der Waals surface area (Å²) < 4.78 is 11.6. The molecule has 0 atom stereocenters. The maximum Gasteiger partial charge on any atom is 0.311 e. The number of nitro groups is 1. The minimum absolute atomic E-state index is 0.104. The highest BCUT2D eigenvalue weighted by molar-refractivity contribution is 9.10. The van der Waals surface area contributed by atoms with Gasteiger partial charge in [-0.15, -0.1) is 0 Å². The van der Waals surface area contributed by atoms with Crippen LogP contribution in [-0.4, -0.2) is 12.0 Å². The van der Waals surface area contributed by atoms with Crippen molar-refractivity contribution in [2.24, 2.45) is 0 Å². The van der Waals surface area contributed by atoms with Crippen molar-refractivity contribution in [2.45, 2.75) is 6.92 Å². The SMILES string of the molecule is COc1ccc([N+](=O)[O-])c(Oc2ccc(Br)cc2C)c1. The Morgan fingerprint density at radius 3 is 2.50 bits per heavy atom. The summed E-state index contributed by atoms with van der Waals surface area (Å²) in [4.78, 5) is 10.5. The normalized spacial score (nSPS) is 10.2. The Morgan fingerprint density at radius 2 is 1.90 bits per heavy atom. The van der Waals surface area contributed by atoms with E-state index in [1.165, 1.54) is 25.3 Å². The lowest BCUT2D eigenvalue weighted by Gasteiger charge is -2.10. The predicted octanol–water partition coefficient (Wildman–Crippen LogP) is 4.47. The molecule has 0 bridgehead atoms. The number of nitro benzene ring substituents is 1. The van der Waals surface area contributed by atoms with Crippen LogP contribution in [0.5, 0.6) is 17.2 Å². The quantitative estimate of drug-likeness (QED) is 0.610. The number of benzene rings is 2. The molecule has 0 amide bonds. The number of halogens is 1. The molecule has 0 spiro atoms. The van der Waals surface area contributed by atoms with Crippen LogP contribution in [0.3, 0.4) is 0 Å². The van der Waals surface area contributed by atoms with E-state index in [2.05, 4.69) is 15.9 Å². The van der Waals surface area contributed by atoms with Gasteiger partial charge in [0.1, 0.15) is 11.5 Å². The van der Waals surface area contributed by atoms with Crippen LogP contribution in [-0.2, 0) is 0 Å². The van der Waals surface area contributed by atoms with Gasteiger partial charge in [-0.1, -0.05) is 15.9 Å². The first kappa shape index (κ1) is 14.3. The standard InChI is InChI=1S/C14H12BrNO4/c1-9-7-10(15)3-6-13(9)20-14-8-11(19-2)4-5-12(14)16(17)18/h3-8H,1-2H3. The molecular formula is C14H12BrNO4. The van der Waals surface area contributed by atoms with Gasteiger partial charge >= 0.3 is 5.69 Å². The molecule has 5 nitrogen and oxygen atoms in total. The molecule has 2 aromatic rings. The smallest absolute Gasteiger partial charge is 0.311 e. The molecule has 0 saturated carbocycles. The van der Waals surface area contributed by atoms with Crippen LogP contribution in [0.2, 0.25) is 0 Å². The molecule has 0 heterocycles. The molecule has 0 aromatic heterocycles. The monoisotopic (exact) mass is 337 g/mol. The maximum absolute atomic E-state index is 11.0. The van der Waals surface area contributed by atoms with Gasteiger partial charge in [0.25, 0.3) is 0 Å². The maximum atomic E-state index is 11.0. The number of hydrogen-bond donors (Lipinski definition) is 0. The second kappa shape index (κ2) is 5.92. The first-order chi connectivity index (χ1) is 9.51. The van der Waals surface area contributed by atoms with Crippen molar-refractivity contribution >= 4 is 21.6 Å². The second-order valence-corrected chi connectivity index (χ2v) is 5.02. The summed E-state index contributed by atoms with van der Waals surface area (Å²) in [5.41, 5.74) is 0.768. The van der Waals surface area contributed by atoms with Crippen molar-refractivity contribution in [1.82, 2.24) is 0 Å². The van der Waals surface area contributed by atoms with Gasteiger partial charge in [0.15, 0.2) is 0 Å². The van der Waals surface area contributed by atoms with E-state index in [1.807, 2.05) is 19.1 Å². The molecule has 0 fully saturated rings. The van der Waals surface area contributed by atoms with E-state index in [4.69, 9.17) is 9.47 Å². The highest BCUT2D eigenvalue weighted by atomic mass is 79.9.